The van der Waals surface area contributed by atoms with Crippen LogP contribution in [0.25, 0.3) is 0 Å². The quantitative estimate of drug-likeness (QED) is 0.294. The lowest BCUT2D eigenvalue weighted by Gasteiger charge is -2.31. The standard InChI is InChI=1S/C26H40N4O5.C4H9NO/c1-17(21(33)23(34)27-14-13-18-11-9-8-10-12-18)29-20(32)16-28-24(35)22(26(5,6)7)30-19(31)15-25(2,3)4;1-4(6)5(2)3/h8-12,17,22H,13-16H2,1-7H3,(H,27,34)(H,28,35)(H,29,32)(H,30,31);1-3H3. The van der Waals surface area contributed by atoms with Crippen LogP contribution in [0.4, 0.5) is 0 Å². The normalized spacial score (nSPS) is 12.4. The maximum absolute atomic E-state index is 12.7. The van der Waals surface area contributed by atoms with Crippen molar-refractivity contribution >= 4 is 35.3 Å². The second-order valence-electron chi connectivity index (χ2n) is 12.4. The summed E-state index contributed by atoms with van der Waals surface area (Å²) in [5, 5.41) is 10.2. The molecule has 11 nitrogen and oxygen atoms in total. The highest BCUT2D eigenvalue weighted by Gasteiger charge is 2.34. The SMILES string of the molecule is CC(=O)N(C)C.CC(NC(=O)CNC(=O)C(NC(=O)CC(C)(C)C)C(C)(C)C)C(=O)C(=O)NCCc1ccccc1. The van der Waals surface area contributed by atoms with E-state index in [-0.39, 0.29) is 23.7 Å². The van der Waals surface area contributed by atoms with E-state index in [9.17, 15) is 28.8 Å². The van der Waals surface area contributed by atoms with E-state index in [0.717, 1.165) is 5.56 Å². The van der Waals surface area contributed by atoms with E-state index >= 15 is 0 Å². The number of carbonyl (C=O) groups excluding carboxylic acids is 6. The molecule has 5 amide bonds. The van der Waals surface area contributed by atoms with E-state index in [1.54, 1.807) is 14.1 Å². The summed E-state index contributed by atoms with van der Waals surface area (Å²) in [6.45, 7) is 14.0. The summed E-state index contributed by atoms with van der Waals surface area (Å²) >= 11 is 0. The highest BCUT2D eigenvalue weighted by molar-refractivity contribution is 6.38. The van der Waals surface area contributed by atoms with E-state index in [2.05, 4.69) is 21.3 Å². The fourth-order valence-corrected chi connectivity index (χ4v) is 3.25. The molecule has 0 aliphatic rings. The van der Waals surface area contributed by atoms with Gasteiger partial charge < -0.3 is 26.2 Å². The topological polar surface area (TPSA) is 154 Å². The van der Waals surface area contributed by atoms with Crippen LogP contribution in [0.1, 0.15) is 67.4 Å². The summed E-state index contributed by atoms with van der Waals surface area (Å²) < 4.78 is 0. The number of ketones is 1. The minimum Gasteiger partial charge on any atom is -0.349 e. The number of hydrogen-bond acceptors (Lipinski definition) is 6. The van der Waals surface area contributed by atoms with Crippen molar-refractivity contribution in [2.45, 2.75) is 80.3 Å². The van der Waals surface area contributed by atoms with Gasteiger partial charge in [0.25, 0.3) is 5.91 Å². The fraction of sp³-hybridized carbons (Fsp3) is 0.600. The molecule has 0 fully saturated rings. The highest BCUT2D eigenvalue weighted by atomic mass is 16.2. The zero-order chi connectivity index (χ0) is 32.0. The molecule has 0 bridgehead atoms. The molecule has 2 atom stereocenters. The van der Waals surface area contributed by atoms with Crippen molar-refractivity contribution < 1.29 is 28.8 Å². The Morgan fingerprint density at radius 2 is 1.37 bits per heavy atom. The molecule has 230 valence electrons. The highest BCUT2D eigenvalue weighted by Crippen LogP contribution is 2.22. The Labute approximate surface area is 244 Å². The molecule has 11 heteroatoms. The van der Waals surface area contributed by atoms with Gasteiger partial charge >= 0.3 is 0 Å². The summed E-state index contributed by atoms with van der Waals surface area (Å²) in [4.78, 5) is 73.3. The van der Waals surface area contributed by atoms with E-state index in [1.807, 2.05) is 71.9 Å². The number of nitrogens with one attached hydrogen (secondary N) is 4. The fourth-order valence-electron chi connectivity index (χ4n) is 3.25. The van der Waals surface area contributed by atoms with Crippen LogP contribution < -0.4 is 21.3 Å². The second-order valence-corrected chi connectivity index (χ2v) is 12.4. The number of hydrogen-bond donors (Lipinski definition) is 4. The summed E-state index contributed by atoms with van der Waals surface area (Å²) in [6.07, 6.45) is 0.828. The maximum Gasteiger partial charge on any atom is 0.289 e. The van der Waals surface area contributed by atoms with Crippen LogP contribution in [0.2, 0.25) is 0 Å². The molecule has 0 heterocycles. The van der Waals surface area contributed by atoms with Crippen molar-refractivity contribution in [3.63, 3.8) is 0 Å². The van der Waals surface area contributed by atoms with Gasteiger partial charge in [-0.15, -0.1) is 0 Å². The van der Waals surface area contributed by atoms with Crippen LogP contribution in [0.3, 0.4) is 0 Å². The number of rotatable bonds is 11. The van der Waals surface area contributed by atoms with Crippen molar-refractivity contribution in [2.75, 3.05) is 27.2 Å². The average molecular weight is 576 g/mol. The minimum absolute atomic E-state index is 0.0926. The van der Waals surface area contributed by atoms with Crippen LogP contribution in [0, 0.1) is 10.8 Å². The van der Waals surface area contributed by atoms with Gasteiger partial charge in [0.05, 0.1) is 12.6 Å². The molecule has 4 N–H and O–H groups in total. The number of benzene rings is 1. The third-order valence-electron chi connectivity index (χ3n) is 5.71. The van der Waals surface area contributed by atoms with Gasteiger partial charge in [-0.2, -0.15) is 0 Å². The molecule has 0 saturated heterocycles. The summed E-state index contributed by atoms with van der Waals surface area (Å²) in [6, 6.07) is 7.62. The predicted octanol–water partition coefficient (Wildman–Crippen LogP) is 1.60. The number of amides is 5. The van der Waals surface area contributed by atoms with Crippen molar-refractivity contribution in [1.82, 2.24) is 26.2 Å². The van der Waals surface area contributed by atoms with Gasteiger partial charge in [0.1, 0.15) is 6.04 Å². The molecule has 0 aromatic heterocycles. The Balaban J connectivity index is 0.00000239. The van der Waals surface area contributed by atoms with Gasteiger partial charge in [0.2, 0.25) is 29.4 Å². The lowest BCUT2D eigenvalue weighted by Crippen LogP contribution is -2.55. The lowest BCUT2D eigenvalue weighted by molar-refractivity contribution is -0.139. The van der Waals surface area contributed by atoms with E-state index in [4.69, 9.17) is 0 Å². The van der Waals surface area contributed by atoms with Gasteiger partial charge in [0.15, 0.2) is 0 Å². The van der Waals surface area contributed by atoms with E-state index in [1.165, 1.54) is 18.7 Å². The number of nitrogens with zero attached hydrogens (tertiary/aromatic N) is 1. The van der Waals surface area contributed by atoms with Crippen LogP contribution >= 0.6 is 0 Å². The molecule has 1 rings (SSSR count). The van der Waals surface area contributed by atoms with Crippen LogP contribution in [0.5, 0.6) is 0 Å². The molecule has 0 aliphatic carbocycles. The molecule has 1 aromatic carbocycles. The predicted molar refractivity (Wildman–Crippen MR) is 159 cm³/mol. The van der Waals surface area contributed by atoms with Crippen LogP contribution in [-0.2, 0) is 35.2 Å². The van der Waals surface area contributed by atoms with E-state index < -0.39 is 47.5 Å². The van der Waals surface area contributed by atoms with Crippen molar-refractivity contribution in [3.05, 3.63) is 35.9 Å². The molecule has 41 heavy (non-hydrogen) atoms. The van der Waals surface area contributed by atoms with Crippen LogP contribution in [0.15, 0.2) is 30.3 Å². The Bertz CT molecular complexity index is 1040. The third kappa shape index (κ3) is 16.8. The Hall–Kier alpha value is -3.76. The number of carbonyl (C=O) groups is 6. The van der Waals surface area contributed by atoms with Gasteiger partial charge in [-0.05, 0) is 29.7 Å². The van der Waals surface area contributed by atoms with Gasteiger partial charge in [0, 0.05) is 34.0 Å². The summed E-state index contributed by atoms with van der Waals surface area (Å²) in [5.41, 5.74) is 0.203. The van der Waals surface area contributed by atoms with Gasteiger partial charge in [-0.25, -0.2) is 0 Å². The molecule has 1 aromatic rings. The molecular formula is C30H49N5O6. The average Bonchev–Trinajstić information content (AvgIpc) is 2.84. The van der Waals surface area contributed by atoms with Gasteiger partial charge in [-0.3, -0.25) is 28.8 Å². The first-order valence-electron chi connectivity index (χ1n) is 13.6. The Morgan fingerprint density at radius 1 is 0.829 bits per heavy atom. The Morgan fingerprint density at radius 3 is 1.83 bits per heavy atom. The van der Waals surface area contributed by atoms with E-state index in [0.29, 0.717) is 13.0 Å². The Kier molecular flexibility index (Phi) is 15.6. The first-order chi connectivity index (χ1) is 18.7. The molecular weight excluding hydrogens is 526 g/mol. The summed E-state index contributed by atoms with van der Waals surface area (Å²) in [5.74, 6) is -2.85. The van der Waals surface area contributed by atoms with Crippen LogP contribution in [-0.4, -0.2) is 79.5 Å². The number of Topliss-reactive ketones (excluding diaryl/α,β-unsaturated/α-hetero) is 1. The minimum atomic E-state index is -1.05. The lowest BCUT2D eigenvalue weighted by atomic mass is 9.85. The first-order valence-corrected chi connectivity index (χ1v) is 13.6. The molecule has 2 unspecified atom stereocenters. The largest absolute Gasteiger partial charge is 0.349 e. The second kappa shape index (κ2) is 17.1. The summed E-state index contributed by atoms with van der Waals surface area (Å²) in [7, 11) is 3.45. The zero-order valence-corrected chi connectivity index (χ0v) is 26.3. The molecule has 0 spiro atoms. The molecule has 0 radical (unpaired) electrons. The molecule has 0 aliphatic heterocycles. The monoisotopic (exact) mass is 575 g/mol. The van der Waals surface area contributed by atoms with Gasteiger partial charge in [-0.1, -0.05) is 71.9 Å². The zero-order valence-electron chi connectivity index (χ0n) is 26.3. The first kappa shape index (κ1) is 37.2. The van der Waals surface area contributed by atoms with Crippen molar-refractivity contribution in [1.29, 1.82) is 0 Å². The molecule has 0 saturated carbocycles. The maximum atomic E-state index is 12.7. The third-order valence-corrected chi connectivity index (χ3v) is 5.71. The van der Waals surface area contributed by atoms with Crippen molar-refractivity contribution in [2.24, 2.45) is 10.8 Å². The van der Waals surface area contributed by atoms with Crippen molar-refractivity contribution in [3.8, 4) is 0 Å². The smallest absolute Gasteiger partial charge is 0.289 e.